The van der Waals surface area contributed by atoms with E-state index in [9.17, 15) is 45.2 Å². The molecule has 0 saturated carbocycles. The van der Waals surface area contributed by atoms with E-state index in [1.165, 1.54) is 0 Å². The highest BCUT2D eigenvalue weighted by Crippen LogP contribution is 2.41. The monoisotopic (exact) mass is 395 g/mol. The molecule has 0 aliphatic rings. The largest absolute Gasteiger partial charge is 0.467 e. The third-order valence-electron chi connectivity index (χ3n) is 3.63. The van der Waals surface area contributed by atoms with Crippen molar-refractivity contribution < 1.29 is 44.7 Å². The van der Waals surface area contributed by atoms with Gasteiger partial charge in [0.25, 0.3) is 0 Å². The van der Waals surface area contributed by atoms with Gasteiger partial charge >= 0.3 is 5.97 Å². The van der Waals surface area contributed by atoms with Gasteiger partial charge in [-0.1, -0.05) is 0 Å². The van der Waals surface area contributed by atoms with Gasteiger partial charge in [-0.15, -0.1) is 0 Å². The maximum absolute atomic E-state index is 14.2. The first-order chi connectivity index (χ1) is 12.5. The first-order valence-electron chi connectivity index (χ1n) is 6.71. The molecule has 0 radical (unpaired) electrons. The zero-order chi connectivity index (χ0) is 20.7. The Morgan fingerprint density at radius 1 is 0.815 bits per heavy atom. The fourth-order valence-corrected chi connectivity index (χ4v) is 2.44. The lowest BCUT2D eigenvalue weighted by Crippen LogP contribution is -2.41. The molecule has 0 aromatic heterocycles. The van der Waals surface area contributed by atoms with Crippen LogP contribution in [0.2, 0.25) is 0 Å². The number of nitrogens with zero attached hydrogens (tertiary/aromatic N) is 1. The Kier molecular flexibility index (Phi) is 5.12. The first kappa shape index (κ1) is 20.2. The SMILES string of the molecule is COC(=O)C(C#N)(c1c(F)c(F)cc(F)c1F)c1c(F)c(F)cc(F)c1F. The van der Waals surface area contributed by atoms with Crippen LogP contribution in [0.1, 0.15) is 11.1 Å². The van der Waals surface area contributed by atoms with Crippen LogP contribution >= 0.6 is 0 Å². The second-order valence-corrected chi connectivity index (χ2v) is 5.04. The van der Waals surface area contributed by atoms with E-state index >= 15 is 0 Å². The quantitative estimate of drug-likeness (QED) is 0.452. The molecular weight excluding hydrogens is 390 g/mol. The number of carbonyl (C=O) groups excluding carboxylic acids is 1. The normalized spacial score (nSPS) is 11.3. The molecule has 0 N–H and O–H groups in total. The van der Waals surface area contributed by atoms with Gasteiger partial charge in [0, 0.05) is 12.1 Å². The zero-order valence-corrected chi connectivity index (χ0v) is 12.9. The van der Waals surface area contributed by atoms with Crippen molar-refractivity contribution in [3.05, 3.63) is 69.8 Å². The Balaban J connectivity index is 3.19. The zero-order valence-electron chi connectivity index (χ0n) is 12.9. The smallest absolute Gasteiger partial charge is 0.335 e. The molecule has 0 aliphatic heterocycles. The molecule has 0 fully saturated rings. The number of rotatable bonds is 3. The van der Waals surface area contributed by atoms with E-state index in [0.29, 0.717) is 7.11 Å². The number of hydrogen-bond acceptors (Lipinski definition) is 3. The number of methoxy groups -OCH3 is 1. The number of nitriles is 1. The van der Waals surface area contributed by atoms with Crippen LogP contribution in [-0.4, -0.2) is 13.1 Å². The van der Waals surface area contributed by atoms with Gasteiger partial charge in [-0.05, 0) is 0 Å². The van der Waals surface area contributed by atoms with Gasteiger partial charge in [0.2, 0.25) is 5.41 Å². The van der Waals surface area contributed by atoms with Crippen molar-refractivity contribution in [2.75, 3.05) is 7.11 Å². The molecule has 0 unspecified atom stereocenters. The van der Waals surface area contributed by atoms with Gasteiger partial charge < -0.3 is 4.74 Å². The Labute approximate surface area is 145 Å². The molecule has 27 heavy (non-hydrogen) atoms. The predicted molar refractivity (Wildman–Crippen MR) is 71.0 cm³/mol. The van der Waals surface area contributed by atoms with Crippen molar-refractivity contribution in [1.82, 2.24) is 0 Å². The summed E-state index contributed by atoms with van der Waals surface area (Å²) in [7, 11) is 0.491. The van der Waals surface area contributed by atoms with Crippen molar-refractivity contribution >= 4 is 5.97 Å². The van der Waals surface area contributed by atoms with Crippen LogP contribution in [-0.2, 0) is 14.9 Å². The van der Waals surface area contributed by atoms with E-state index < -0.39 is 69.0 Å². The summed E-state index contributed by atoms with van der Waals surface area (Å²) >= 11 is 0. The Bertz CT molecular complexity index is 883. The van der Waals surface area contributed by atoms with Crippen molar-refractivity contribution in [2.24, 2.45) is 0 Å². The second kappa shape index (κ2) is 6.86. The molecular formula is C16H5F8NO2. The lowest BCUT2D eigenvalue weighted by atomic mass is 9.74. The summed E-state index contributed by atoms with van der Waals surface area (Å²) in [6, 6.07) is 0.144. The van der Waals surface area contributed by atoms with Gasteiger partial charge in [-0.25, -0.2) is 39.9 Å². The number of hydrogen-bond donors (Lipinski definition) is 0. The van der Waals surface area contributed by atoms with Crippen LogP contribution in [0.4, 0.5) is 35.1 Å². The third-order valence-corrected chi connectivity index (χ3v) is 3.63. The van der Waals surface area contributed by atoms with Gasteiger partial charge in [0.05, 0.1) is 24.3 Å². The van der Waals surface area contributed by atoms with Crippen LogP contribution < -0.4 is 0 Å². The van der Waals surface area contributed by atoms with Crippen LogP contribution in [0.25, 0.3) is 0 Å². The maximum atomic E-state index is 14.2. The Hall–Kier alpha value is -3.16. The number of carbonyl (C=O) groups is 1. The first-order valence-corrected chi connectivity index (χ1v) is 6.71. The van der Waals surface area contributed by atoms with Gasteiger partial charge in [-0.3, -0.25) is 0 Å². The van der Waals surface area contributed by atoms with Crippen LogP contribution in [0, 0.1) is 57.9 Å². The van der Waals surface area contributed by atoms with Crippen molar-refractivity contribution in [1.29, 1.82) is 5.26 Å². The minimum Gasteiger partial charge on any atom is -0.467 e. The Morgan fingerprint density at radius 2 is 1.11 bits per heavy atom. The fraction of sp³-hybridized carbons (Fsp3) is 0.125. The second-order valence-electron chi connectivity index (χ2n) is 5.04. The van der Waals surface area contributed by atoms with Gasteiger partial charge in [0.1, 0.15) is 0 Å². The summed E-state index contributed by atoms with van der Waals surface area (Å²) in [5.74, 6) is -20.3. The average molecular weight is 395 g/mol. The van der Waals surface area contributed by atoms with E-state index in [0.717, 1.165) is 6.07 Å². The van der Waals surface area contributed by atoms with Crippen molar-refractivity contribution in [3.63, 3.8) is 0 Å². The minimum atomic E-state index is -3.96. The number of halogens is 8. The van der Waals surface area contributed by atoms with E-state index in [-0.39, 0.29) is 12.1 Å². The summed E-state index contributed by atoms with van der Waals surface area (Å²) in [6.45, 7) is 0. The van der Waals surface area contributed by atoms with Gasteiger partial charge in [-0.2, -0.15) is 5.26 Å². The molecule has 2 aromatic carbocycles. The Morgan fingerprint density at radius 3 is 1.33 bits per heavy atom. The summed E-state index contributed by atoms with van der Waals surface area (Å²) in [4.78, 5) is 12.1. The molecule has 2 rings (SSSR count). The average Bonchev–Trinajstić information content (AvgIpc) is 2.63. The van der Waals surface area contributed by atoms with E-state index in [1.807, 2.05) is 0 Å². The molecule has 11 heteroatoms. The van der Waals surface area contributed by atoms with E-state index in [1.54, 1.807) is 0 Å². The minimum absolute atomic E-state index is 0.313. The van der Waals surface area contributed by atoms with Crippen molar-refractivity contribution in [2.45, 2.75) is 5.41 Å². The molecule has 0 saturated heterocycles. The molecule has 2 aromatic rings. The highest BCUT2D eigenvalue weighted by atomic mass is 19.2. The maximum Gasteiger partial charge on any atom is 0.335 e. The summed E-state index contributed by atoms with van der Waals surface area (Å²) in [5.41, 5.74) is -8.24. The summed E-state index contributed by atoms with van der Waals surface area (Å²) < 4.78 is 115. The lowest BCUT2D eigenvalue weighted by molar-refractivity contribution is -0.144. The third kappa shape index (κ3) is 2.77. The van der Waals surface area contributed by atoms with Crippen LogP contribution in [0.15, 0.2) is 12.1 Å². The van der Waals surface area contributed by atoms with Gasteiger partial charge in [0.15, 0.2) is 46.5 Å². The topological polar surface area (TPSA) is 50.1 Å². The fourth-order valence-electron chi connectivity index (χ4n) is 2.44. The molecule has 0 spiro atoms. The molecule has 3 nitrogen and oxygen atoms in total. The van der Waals surface area contributed by atoms with E-state index in [4.69, 9.17) is 0 Å². The molecule has 0 aliphatic carbocycles. The van der Waals surface area contributed by atoms with E-state index in [2.05, 4.69) is 4.74 Å². The molecule has 0 bridgehead atoms. The molecule has 142 valence electrons. The van der Waals surface area contributed by atoms with Crippen LogP contribution in [0.3, 0.4) is 0 Å². The standard InChI is InChI=1S/C16H5F8NO2/c1-27-15(26)16(4-25,9-11(21)5(17)2-6(18)12(9)22)10-13(23)7(19)3-8(20)14(10)24/h2-3H,1H3. The van der Waals surface area contributed by atoms with Crippen LogP contribution in [0.5, 0.6) is 0 Å². The molecule has 0 atom stereocenters. The highest BCUT2D eigenvalue weighted by molar-refractivity contribution is 5.91. The number of benzene rings is 2. The molecule has 0 amide bonds. The predicted octanol–water partition coefficient (Wildman–Crippen LogP) is 3.78. The molecule has 0 heterocycles. The number of ether oxygens (including phenoxy) is 1. The lowest BCUT2D eigenvalue weighted by Gasteiger charge is -2.26. The summed E-state index contributed by atoms with van der Waals surface area (Å²) in [5, 5.41) is 9.34. The highest BCUT2D eigenvalue weighted by Gasteiger charge is 2.54. The summed E-state index contributed by atoms with van der Waals surface area (Å²) in [6.07, 6.45) is 0. The van der Waals surface area contributed by atoms with Crippen molar-refractivity contribution in [3.8, 4) is 6.07 Å². The number of esters is 1.